The topological polar surface area (TPSA) is 29.9 Å². The molecule has 0 atom stereocenters. The van der Waals surface area contributed by atoms with E-state index in [9.17, 15) is 8.78 Å². The van der Waals surface area contributed by atoms with Crippen molar-refractivity contribution in [1.29, 1.82) is 0 Å². The molecule has 1 N–H and O–H groups in total. The molecule has 3 aromatic rings. The number of aryl methyl sites for hydroxylation is 1. The van der Waals surface area contributed by atoms with Gasteiger partial charge in [0.1, 0.15) is 23.1 Å². The number of nitrogens with zero attached hydrogens (tertiary/aromatic N) is 2. The summed E-state index contributed by atoms with van der Waals surface area (Å²) in [5.74, 6) is -0.361. The van der Waals surface area contributed by atoms with Gasteiger partial charge in [0, 0.05) is 28.8 Å². The summed E-state index contributed by atoms with van der Waals surface area (Å²) in [6.07, 6.45) is 0.744. The van der Waals surface area contributed by atoms with Gasteiger partial charge in [-0.05, 0) is 49.2 Å². The van der Waals surface area contributed by atoms with E-state index < -0.39 is 11.6 Å². The number of hydrogen-bond donors (Lipinski definition) is 1. The van der Waals surface area contributed by atoms with E-state index in [2.05, 4.69) is 10.4 Å². The van der Waals surface area contributed by atoms with Crippen LogP contribution in [0.2, 0.25) is 5.02 Å². The quantitative estimate of drug-likeness (QED) is 0.726. The van der Waals surface area contributed by atoms with E-state index >= 15 is 0 Å². The molecule has 0 unspecified atom stereocenters. The van der Waals surface area contributed by atoms with Crippen LogP contribution in [0.1, 0.15) is 11.1 Å². The molecular formula is C18H14ClF2N3. The summed E-state index contributed by atoms with van der Waals surface area (Å²) in [5.41, 5.74) is 3.63. The average Bonchev–Trinajstić information content (AvgIpc) is 3.11. The number of nitrogens with one attached hydrogen (secondary N) is 1. The second-order valence-corrected chi connectivity index (χ2v) is 6.26. The second-order valence-electron chi connectivity index (χ2n) is 5.82. The molecule has 4 rings (SSSR count). The summed E-state index contributed by atoms with van der Waals surface area (Å²) in [5, 5.41) is 8.55. The lowest BCUT2D eigenvalue weighted by molar-refractivity contribution is 0.585. The lowest BCUT2D eigenvalue weighted by Crippen LogP contribution is -2.05. The molecule has 6 heteroatoms. The minimum atomic E-state index is -0.609. The zero-order valence-corrected chi connectivity index (χ0v) is 13.7. The Kier molecular flexibility index (Phi) is 3.53. The molecule has 0 aliphatic carbocycles. The van der Waals surface area contributed by atoms with Crippen molar-refractivity contribution in [2.45, 2.75) is 13.3 Å². The highest BCUT2D eigenvalue weighted by molar-refractivity contribution is 6.30. The summed E-state index contributed by atoms with van der Waals surface area (Å²) in [6.45, 7) is 2.71. The third kappa shape index (κ3) is 2.36. The summed E-state index contributed by atoms with van der Waals surface area (Å²) in [4.78, 5) is 0. The largest absolute Gasteiger partial charge is 0.369 e. The lowest BCUT2D eigenvalue weighted by atomic mass is 10.1. The predicted molar refractivity (Wildman–Crippen MR) is 90.9 cm³/mol. The van der Waals surface area contributed by atoms with E-state index in [1.807, 2.05) is 19.1 Å². The third-order valence-electron chi connectivity index (χ3n) is 4.22. The fourth-order valence-corrected chi connectivity index (χ4v) is 3.33. The van der Waals surface area contributed by atoms with Crippen molar-refractivity contribution in [2.75, 3.05) is 11.9 Å². The van der Waals surface area contributed by atoms with Crippen molar-refractivity contribution < 1.29 is 8.78 Å². The van der Waals surface area contributed by atoms with Crippen LogP contribution in [0.25, 0.3) is 16.9 Å². The average molecular weight is 346 g/mol. The minimum Gasteiger partial charge on any atom is -0.369 e. The Hall–Kier alpha value is -2.40. The molecule has 0 bridgehead atoms. The zero-order valence-electron chi connectivity index (χ0n) is 12.9. The van der Waals surface area contributed by atoms with Gasteiger partial charge in [-0.25, -0.2) is 13.5 Å². The van der Waals surface area contributed by atoms with Crippen LogP contribution in [-0.2, 0) is 6.42 Å². The van der Waals surface area contributed by atoms with E-state index in [-0.39, 0.29) is 0 Å². The fourth-order valence-electron chi connectivity index (χ4n) is 3.10. The monoisotopic (exact) mass is 345 g/mol. The van der Waals surface area contributed by atoms with Crippen LogP contribution >= 0.6 is 11.6 Å². The van der Waals surface area contributed by atoms with E-state index in [4.69, 9.17) is 11.6 Å². The lowest BCUT2D eigenvalue weighted by Gasteiger charge is -2.10. The molecule has 1 aliphatic rings. The maximum Gasteiger partial charge on any atom is 0.135 e. The molecule has 1 aromatic heterocycles. The highest BCUT2D eigenvalue weighted by atomic mass is 35.5. The first-order valence-corrected chi connectivity index (χ1v) is 8.00. The van der Waals surface area contributed by atoms with Gasteiger partial charge >= 0.3 is 0 Å². The Morgan fingerprint density at radius 3 is 2.75 bits per heavy atom. The van der Waals surface area contributed by atoms with Crippen LogP contribution in [0.5, 0.6) is 0 Å². The summed E-state index contributed by atoms with van der Waals surface area (Å²) < 4.78 is 29.2. The number of anilines is 1. The Balaban J connectivity index is 1.92. The molecule has 0 amide bonds. The Morgan fingerprint density at radius 1 is 1.17 bits per heavy atom. The fraction of sp³-hybridized carbons (Fsp3) is 0.167. The molecule has 3 nitrogen and oxygen atoms in total. The van der Waals surface area contributed by atoms with Gasteiger partial charge in [-0.3, -0.25) is 0 Å². The molecule has 0 saturated heterocycles. The molecule has 2 heterocycles. The Morgan fingerprint density at radius 2 is 2.00 bits per heavy atom. The number of aromatic nitrogens is 2. The van der Waals surface area contributed by atoms with E-state index in [1.54, 1.807) is 10.7 Å². The number of halogens is 3. The molecule has 122 valence electrons. The molecule has 0 fully saturated rings. The van der Waals surface area contributed by atoms with Gasteiger partial charge in [-0.2, -0.15) is 5.10 Å². The van der Waals surface area contributed by atoms with Crippen molar-refractivity contribution in [3.05, 3.63) is 64.2 Å². The van der Waals surface area contributed by atoms with Crippen LogP contribution in [0.15, 0.2) is 36.4 Å². The van der Waals surface area contributed by atoms with Gasteiger partial charge in [0.15, 0.2) is 0 Å². The first-order valence-electron chi connectivity index (χ1n) is 7.62. The van der Waals surface area contributed by atoms with Crippen molar-refractivity contribution in [3.8, 4) is 16.9 Å². The molecule has 0 spiro atoms. The number of rotatable bonds is 2. The number of benzene rings is 2. The molecular weight excluding hydrogens is 332 g/mol. The number of fused-ring (bicyclic) bond motifs is 1. The minimum absolute atomic E-state index is 0.307. The molecule has 0 saturated carbocycles. The van der Waals surface area contributed by atoms with Crippen LogP contribution in [0.4, 0.5) is 14.6 Å². The smallest absolute Gasteiger partial charge is 0.135 e. The van der Waals surface area contributed by atoms with Gasteiger partial charge in [0.2, 0.25) is 0 Å². The standard InChI is InChI=1S/C18H14ClF2N3/c1-10-8-11(19)2-5-16(10)24-18-14(6-7-22-18)17(23-24)13-4-3-12(20)9-15(13)21/h2-5,8-9,22H,6-7H2,1H3. The highest BCUT2D eigenvalue weighted by Crippen LogP contribution is 2.36. The maximum atomic E-state index is 14.2. The molecule has 2 aromatic carbocycles. The van der Waals surface area contributed by atoms with Gasteiger partial charge in [-0.1, -0.05) is 11.6 Å². The van der Waals surface area contributed by atoms with Crippen LogP contribution in [0.3, 0.4) is 0 Å². The van der Waals surface area contributed by atoms with Crippen LogP contribution in [-0.4, -0.2) is 16.3 Å². The molecule has 1 aliphatic heterocycles. The van der Waals surface area contributed by atoms with E-state index in [1.165, 1.54) is 12.1 Å². The maximum absolute atomic E-state index is 14.2. The van der Waals surface area contributed by atoms with Crippen molar-refractivity contribution >= 4 is 17.4 Å². The molecule has 0 radical (unpaired) electrons. The van der Waals surface area contributed by atoms with E-state index in [0.717, 1.165) is 41.7 Å². The number of hydrogen-bond acceptors (Lipinski definition) is 2. The zero-order chi connectivity index (χ0) is 16.8. The summed E-state index contributed by atoms with van der Waals surface area (Å²) >= 11 is 6.03. The van der Waals surface area contributed by atoms with Gasteiger partial charge in [0.05, 0.1) is 5.69 Å². The summed E-state index contributed by atoms with van der Waals surface area (Å²) in [6, 6.07) is 9.11. The van der Waals surface area contributed by atoms with Crippen molar-refractivity contribution in [1.82, 2.24) is 9.78 Å². The van der Waals surface area contributed by atoms with Gasteiger partial charge < -0.3 is 5.32 Å². The first-order chi connectivity index (χ1) is 11.5. The Labute approximate surface area is 142 Å². The highest BCUT2D eigenvalue weighted by Gasteiger charge is 2.26. The second kappa shape index (κ2) is 5.60. The third-order valence-corrected chi connectivity index (χ3v) is 4.46. The van der Waals surface area contributed by atoms with Crippen molar-refractivity contribution in [2.24, 2.45) is 0 Å². The van der Waals surface area contributed by atoms with Crippen LogP contribution < -0.4 is 5.32 Å². The summed E-state index contributed by atoms with van der Waals surface area (Å²) in [7, 11) is 0. The van der Waals surface area contributed by atoms with Crippen LogP contribution in [0, 0.1) is 18.6 Å². The first kappa shape index (κ1) is 15.1. The molecule has 24 heavy (non-hydrogen) atoms. The Bertz CT molecular complexity index is 876. The SMILES string of the molecule is Cc1cc(Cl)ccc1-n1nc(-c2ccc(F)cc2F)c2c1NCC2. The van der Waals surface area contributed by atoms with Crippen molar-refractivity contribution in [3.63, 3.8) is 0 Å². The normalized spacial score (nSPS) is 13.0. The predicted octanol–water partition coefficient (Wildman–Crippen LogP) is 4.75. The van der Waals surface area contributed by atoms with Gasteiger partial charge in [-0.15, -0.1) is 0 Å². The van der Waals surface area contributed by atoms with E-state index in [0.29, 0.717) is 16.3 Å². The van der Waals surface area contributed by atoms with Gasteiger partial charge in [0.25, 0.3) is 0 Å².